The molecule has 1 atom stereocenters. The number of esters is 2. The van der Waals surface area contributed by atoms with Gasteiger partial charge in [-0.2, -0.15) is 0 Å². The molecule has 0 aromatic heterocycles. The van der Waals surface area contributed by atoms with Gasteiger partial charge in [0.05, 0.1) is 24.9 Å². The second-order valence-electron chi connectivity index (χ2n) is 9.79. The van der Waals surface area contributed by atoms with Crippen molar-refractivity contribution in [3.63, 3.8) is 0 Å². The standard InChI is InChI=1S/C29H36N4O7S/c1-3-38-27(34)18-41(36,37)33-22(9-8-19-6-5-7-20(14-19)28(30)31)15-21-16-26(40-23-10-12-32-13-11-23)24(17-25(21)33)29(35)39-4-2/h5-9,14,16-17,22-23,32H,3-4,10-13,15,18H2,1-2H3,(H3,30,31)/b9-8+. The number of sulfonamides is 1. The largest absolute Gasteiger partial charge is 0.489 e. The second kappa shape index (κ2) is 13.2. The summed E-state index contributed by atoms with van der Waals surface area (Å²) in [6.45, 7) is 5.07. The number of hydrogen-bond acceptors (Lipinski definition) is 9. The minimum atomic E-state index is -4.21. The lowest BCUT2D eigenvalue weighted by Gasteiger charge is -2.26. The first kappa shape index (κ1) is 30.1. The molecular formula is C29H36N4O7S. The third-order valence-corrected chi connectivity index (χ3v) is 8.50. The first-order valence-corrected chi connectivity index (χ1v) is 15.3. The summed E-state index contributed by atoms with van der Waals surface area (Å²) < 4.78 is 44.9. The van der Waals surface area contributed by atoms with Crippen LogP contribution in [0.15, 0.2) is 42.5 Å². The zero-order valence-electron chi connectivity index (χ0n) is 23.2. The van der Waals surface area contributed by atoms with E-state index in [2.05, 4.69) is 5.32 Å². The number of carbonyl (C=O) groups excluding carboxylic acids is 2. The van der Waals surface area contributed by atoms with Crippen LogP contribution in [0.1, 0.15) is 53.7 Å². The van der Waals surface area contributed by atoms with Crippen LogP contribution in [0.4, 0.5) is 5.69 Å². The lowest BCUT2D eigenvalue weighted by Crippen LogP contribution is -2.40. The van der Waals surface area contributed by atoms with Gasteiger partial charge in [0.25, 0.3) is 0 Å². The summed E-state index contributed by atoms with van der Waals surface area (Å²) in [5, 5.41) is 11.0. The highest BCUT2D eigenvalue weighted by Crippen LogP contribution is 2.40. The second-order valence-corrected chi connectivity index (χ2v) is 11.6. The van der Waals surface area contributed by atoms with Gasteiger partial charge in [0, 0.05) is 5.56 Å². The number of nitrogens with one attached hydrogen (secondary N) is 2. The predicted octanol–water partition coefficient (Wildman–Crippen LogP) is 2.62. The lowest BCUT2D eigenvalue weighted by atomic mass is 10.0. The molecule has 2 aliphatic rings. The molecule has 0 aliphatic carbocycles. The van der Waals surface area contributed by atoms with Crippen LogP contribution in [0.3, 0.4) is 0 Å². The molecule has 2 aliphatic heterocycles. The highest BCUT2D eigenvalue weighted by atomic mass is 32.2. The molecule has 11 nitrogen and oxygen atoms in total. The van der Waals surface area contributed by atoms with Crippen molar-refractivity contribution < 1.29 is 32.2 Å². The number of amidine groups is 1. The van der Waals surface area contributed by atoms with Crippen LogP contribution < -0.4 is 20.1 Å². The van der Waals surface area contributed by atoms with Crippen molar-refractivity contribution in [2.45, 2.75) is 45.3 Å². The van der Waals surface area contributed by atoms with Gasteiger partial charge in [-0.25, -0.2) is 13.2 Å². The Bertz CT molecular complexity index is 1430. The summed E-state index contributed by atoms with van der Waals surface area (Å²) in [7, 11) is -4.21. The lowest BCUT2D eigenvalue weighted by molar-refractivity contribution is -0.139. The van der Waals surface area contributed by atoms with Crippen LogP contribution in [-0.2, 0) is 30.7 Å². The number of benzene rings is 2. The third kappa shape index (κ3) is 7.25. The maximum atomic E-state index is 13.6. The topological polar surface area (TPSA) is 161 Å². The van der Waals surface area contributed by atoms with Gasteiger partial charge in [0.15, 0.2) is 5.75 Å². The molecule has 1 saturated heterocycles. The number of rotatable bonds is 11. The zero-order valence-corrected chi connectivity index (χ0v) is 24.0. The molecule has 220 valence electrons. The summed E-state index contributed by atoms with van der Waals surface area (Å²) >= 11 is 0. The van der Waals surface area contributed by atoms with Gasteiger partial charge in [-0.05, 0) is 75.5 Å². The van der Waals surface area contributed by atoms with Gasteiger partial charge >= 0.3 is 11.9 Å². The maximum Gasteiger partial charge on any atom is 0.341 e. The minimum Gasteiger partial charge on any atom is -0.489 e. The number of carbonyl (C=O) groups is 2. The zero-order chi connectivity index (χ0) is 29.6. The normalized spacial score (nSPS) is 17.3. The van der Waals surface area contributed by atoms with Crippen LogP contribution in [-0.4, -0.2) is 70.4 Å². The number of nitrogen functional groups attached to an aromatic ring is 1. The molecule has 2 heterocycles. The van der Waals surface area contributed by atoms with Gasteiger partial charge in [0.1, 0.15) is 23.3 Å². The van der Waals surface area contributed by atoms with E-state index in [4.69, 9.17) is 25.4 Å². The minimum absolute atomic E-state index is 0.0468. The van der Waals surface area contributed by atoms with E-state index in [0.29, 0.717) is 16.9 Å². The van der Waals surface area contributed by atoms with Crippen molar-refractivity contribution >= 4 is 39.6 Å². The molecule has 0 radical (unpaired) electrons. The van der Waals surface area contributed by atoms with E-state index < -0.39 is 33.8 Å². The Labute approximate surface area is 240 Å². The van der Waals surface area contributed by atoms with Gasteiger partial charge in [-0.3, -0.25) is 14.5 Å². The SMILES string of the molecule is CCOC(=O)CS(=O)(=O)N1c2cc(C(=O)OCC)c(OC3CCNCC3)cc2CC1/C=C/c1cccc(C(=N)N)c1. The molecule has 2 aromatic carbocycles. The van der Waals surface area contributed by atoms with Gasteiger partial charge in [0.2, 0.25) is 10.0 Å². The maximum absolute atomic E-state index is 13.6. The Morgan fingerprint density at radius 3 is 2.54 bits per heavy atom. The molecule has 12 heteroatoms. The van der Waals surface area contributed by atoms with E-state index >= 15 is 0 Å². The van der Waals surface area contributed by atoms with Crippen molar-refractivity contribution in [2.75, 3.05) is 36.4 Å². The highest BCUT2D eigenvalue weighted by Gasteiger charge is 2.39. The molecule has 4 rings (SSSR count). The molecule has 1 unspecified atom stereocenters. The van der Waals surface area contributed by atoms with Crippen LogP contribution in [0.25, 0.3) is 6.08 Å². The third-order valence-electron chi connectivity index (χ3n) is 6.84. The Balaban J connectivity index is 1.77. The molecule has 0 spiro atoms. The van der Waals surface area contributed by atoms with Crippen LogP contribution in [0.2, 0.25) is 0 Å². The number of ether oxygens (including phenoxy) is 3. The Morgan fingerprint density at radius 1 is 1.12 bits per heavy atom. The summed E-state index contributed by atoms with van der Waals surface area (Å²) in [5.74, 6) is -2.08. The molecule has 0 saturated carbocycles. The molecular weight excluding hydrogens is 548 g/mol. The smallest absolute Gasteiger partial charge is 0.341 e. The molecule has 4 N–H and O–H groups in total. The van der Waals surface area contributed by atoms with Crippen molar-refractivity contribution in [2.24, 2.45) is 5.73 Å². The Kier molecular flexibility index (Phi) is 9.66. The predicted molar refractivity (Wildman–Crippen MR) is 156 cm³/mol. The van der Waals surface area contributed by atoms with Gasteiger partial charge in [-0.1, -0.05) is 30.4 Å². The highest BCUT2D eigenvalue weighted by molar-refractivity contribution is 7.93. The molecule has 2 aromatic rings. The molecule has 1 fully saturated rings. The first-order chi connectivity index (χ1) is 19.6. The first-order valence-electron chi connectivity index (χ1n) is 13.6. The number of nitrogens with zero attached hydrogens (tertiary/aromatic N) is 1. The van der Waals surface area contributed by atoms with Gasteiger partial charge in [-0.15, -0.1) is 0 Å². The van der Waals surface area contributed by atoms with E-state index in [0.717, 1.165) is 31.5 Å². The number of anilines is 1. The summed E-state index contributed by atoms with van der Waals surface area (Å²) in [6.07, 6.45) is 5.19. The summed E-state index contributed by atoms with van der Waals surface area (Å²) in [5.41, 5.74) is 7.94. The van der Waals surface area contributed by atoms with E-state index in [9.17, 15) is 18.0 Å². The van der Waals surface area contributed by atoms with Gasteiger partial charge < -0.3 is 25.3 Å². The average Bonchev–Trinajstić information content (AvgIpc) is 3.30. The Morgan fingerprint density at radius 2 is 1.85 bits per heavy atom. The van der Waals surface area contributed by atoms with E-state index in [1.165, 1.54) is 10.4 Å². The summed E-state index contributed by atoms with van der Waals surface area (Å²) in [6, 6.07) is 9.49. The fourth-order valence-corrected chi connectivity index (χ4v) is 6.53. The van der Waals surface area contributed by atoms with Crippen molar-refractivity contribution in [1.29, 1.82) is 5.41 Å². The fourth-order valence-electron chi connectivity index (χ4n) is 4.98. The van der Waals surface area contributed by atoms with Crippen LogP contribution in [0, 0.1) is 5.41 Å². The van der Waals surface area contributed by atoms with Crippen molar-refractivity contribution in [1.82, 2.24) is 5.32 Å². The Hall–Kier alpha value is -3.90. The van der Waals surface area contributed by atoms with E-state index in [-0.39, 0.29) is 42.8 Å². The number of piperidine rings is 1. The number of hydrogen-bond donors (Lipinski definition) is 3. The number of nitrogens with two attached hydrogens (primary N) is 1. The quantitative estimate of drug-likeness (QED) is 0.205. The van der Waals surface area contributed by atoms with E-state index in [1.54, 1.807) is 50.3 Å². The van der Waals surface area contributed by atoms with Crippen molar-refractivity contribution in [3.8, 4) is 5.75 Å². The van der Waals surface area contributed by atoms with E-state index in [1.807, 2.05) is 6.07 Å². The van der Waals surface area contributed by atoms with Crippen LogP contribution in [0.5, 0.6) is 5.75 Å². The fraction of sp³-hybridized carbons (Fsp3) is 0.414. The summed E-state index contributed by atoms with van der Waals surface area (Å²) in [4.78, 5) is 25.3. The molecule has 0 bridgehead atoms. The monoisotopic (exact) mass is 584 g/mol. The number of fused-ring (bicyclic) bond motifs is 1. The molecule has 0 amide bonds. The van der Waals surface area contributed by atoms with Crippen molar-refractivity contribution in [3.05, 3.63) is 64.7 Å². The average molecular weight is 585 g/mol. The molecule has 41 heavy (non-hydrogen) atoms. The van der Waals surface area contributed by atoms with Crippen LogP contribution >= 0.6 is 0 Å².